The molecule has 2 rings (SSSR count). The molecule has 5 nitrogen and oxygen atoms in total. The van der Waals surface area contributed by atoms with Gasteiger partial charge in [-0.1, -0.05) is 0 Å². The Balaban J connectivity index is 2.11. The molecule has 1 aromatic heterocycles. The fourth-order valence-electron chi connectivity index (χ4n) is 1.92. The van der Waals surface area contributed by atoms with Crippen LogP contribution in [0, 0.1) is 6.92 Å². The highest BCUT2D eigenvalue weighted by atomic mass is 16.2. The number of nitrogens with zero attached hydrogens (tertiary/aromatic N) is 2. The molecule has 1 aliphatic heterocycles. The molecule has 0 saturated carbocycles. The van der Waals surface area contributed by atoms with Crippen LogP contribution in [-0.4, -0.2) is 34.3 Å². The van der Waals surface area contributed by atoms with Crippen LogP contribution in [0.4, 0.5) is 5.82 Å². The van der Waals surface area contributed by atoms with E-state index in [1.165, 1.54) is 4.90 Å². The Kier molecular flexibility index (Phi) is 3.08. The fourth-order valence-corrected chi connectivity index (χ4v) is 1.92. The topological polar surface area (TPSA) is 62.3 Å². The van der Waals surface area contributed by atoms with E-state index >= 15 is 0 Å². The van der Waals surface area contributed by atoms with Crippen LogP contribution < -0.4 is 5.32 Å². The van der Waals surface area contributed by atoms with E-state index < -0.39 is 6.04 Å². The van der Waals surface area contributed by atoms with Gasteiger partial charge in [0.2, 0.25) is 5.91 Å². The molecule has 90 valence electrons. The van der Waals surface area contributed by atoms with Crippen LogP contribution in [0.2, 0.25) is 0 Å². The van der Waals surface area contributed by atoms with Crippen molar-refractivity contribution in [2.75, 3.05) is 11.9 Å². The molecule has 1 unspecified atom stereocenters. The third kappa shape index (κ3) is 2.27. The van der Waals surface area contributed by atoms with Gasteiger partial charge in [-0.05, 0) is 31.5 Å². The molecule has 1 aromatic rings. The number of carbonyl (C=O) groups is 2. The summed E-state index contributed by atoms with van der Waals surface area (Å²) in [5.41, 5.74) is 1.06. The molecule has 1 fully saturated rings. The van der Waals surface area contributed by atoms with Gasteiger partial charge in [0.25, 0.3) is 5.91 Å². The molecule has 0 aliphatic carbocycles. The van der Waals surface area contributed by atoms with Crippen LogP contribution in [0.25, 0.3) is 0 Å². The average Bonchev–Trinajstić information content (AvgIpc) is 2.54. The second-order valence-corrected chi connectivity index (χ2v) is 4.10. The maximum Gasteiger partial charge on any atom is 0.252 e. The van der Waals surface area contributed by atoms with E-state index in [1.54, 1.807) is 13.1 Å². The van der Waals surface area contributed by atoms with Gasteiger partial charge in [0.05, 0.1) is 6.42 Å². The summed E-state index contributed by atoms with van der Waals surface area (Å²) in [4.78, 5) is 28.8. The number of aromatic nitrogens is 1. The summed E-state index contributed by atoms with van der Waals surface area (Å²) in [6.45, 7) is 4.17. The zero-order valence-electron chi connectivity index (χ0n) is 9.93. The molecule has 5 heteroatoms. The summed E-state index contributed by atoms with van der Waals surface area (Å²) in [5, 5.41) is 3.00. The van der Waals surface area contributed by atoms with Gasteiger partial charge in [-0.3, -0.25) is 14.5 Å². The van der Waals surface area contributed by atoms with Crippen molar-refractivity contribution in [1.29, 1.82) is 0 Å². The Morgan fingerprint density at radius 3 is 2.88 bits per heavy atom. The summed E-state index contributed by atoms with van der Waals surface area (Å²) in [5.74, 6) is 0.345. The Labute approximate surface area is 99.8 Å². The lowest BCUT2D eigenvalue weighted by Crippen LogP contribution is -2.34. The van der Waals surface area contributed by atoms with Gasteiger partial charge in [0, 0.05) is 12.7 Å². The minimum absolute atomic E-state index is 0.123. The molecule has 1 aliphatic rings. The van der Waals surface area contributed by atoms with Crippen LogP contribution in [0.1, 0.15) is 18.9 Å². The molecule has 0 bridgehead atoms. The van der Waals surface area contributed by atoms with E-state index in [2.05, 4.69) is 10.3 Å². The number of rotatable bonds is 3. The second kappa shape index (κ2) is 4.53. The predicted octanol–water partition coefficient (Wildman–Crippen LogP) is 0.949. The maximum atomic E-state index is 11.9. The Bertz CT molecular complexity index is 459. The first-order chi connectivity index (χ1) is 8.11. The zero-order chi connectivity index (χ0) is 12.4. The number of amides is 2. The van der Waals surface area contributed by atoms with Crippen molar-refractivity contribution in [1.82, 2.24) is 9.88 Å². The van der Waals surface area contributed by atoms with E-state index in [0.717, 1.165) is 5.56 Å². The van der Waals surface area contributed by atoms with Crippen molar-refractivity contribution >= 4 is 17.6 Å². The van der Waals surface area contributed by atoms with Gasteiger partial charge in [-0.25, -0.2) is 4.98 Å². The molecule has 2 amide bonds. The number of anilines is 1. The number of nitrogens with one attached hydrogen (secondary N) is 1. The average molecular weight is 233 g/mol. The highest BCUT2D eigenvalue weighted by Gasteiger charge is 2.37. The lowest BCUT2D eigenvalue weighted by Gasteiger charge is -2.13. The van der Waals surface area contributed by atoms with Crippen molar-refractivity contribution in [2.45, 2.75) is 26.3 Å². The first kappa shape index (κ1) is 11.6. The van der Waals surface area contributed by atoms with Gasteiger partial charge < -0.3 is 5.32 Å². The molecule has 0 spiro atoms. The Hall–Kier alpha value is -1.91. The van der Waals surface area contributed by atoms with Gasteiger partial charge in [-0.2, -0.15) is 0 Å². The zero-order valence-corrected chi connectivity index (χ0v) is 9.93. The maximum absolute atomic E-state index is 11.9. The normalized spacial score (nSPS) is 19.9. The Morgan fingerprint density at radius 2 is 2.29 bits per heavy atom. The third-order valence-electron chi connectivity index (χ3n) is 2.80. The van der Waals surface area contributed by atoms with Crippen LogP contribution in [0.3, 0.4) is 0 Å². The quantitative estimate of drug-likeness (QED) is 0.789. The molecular formula is C12H15N3O2. The van der Waals surface area contributed by atoms with Gasteiger partial charge in [0.1, 0.15) is 11.9 Å². The van der Waals surface area contributed by atoms with Gasteiger partial charge in [0.15, 0.2) is 0 Å². The van der Waals surface area contributed by atoms with Crippen molar-refractivity contribution in [3.8, 4) is 0 Å². The third-order valence-corrected chi connectivity index (χ3v) is 2.80. The van der Waals surface area contributed by atoms with Crippen molar-refractivity contribution in [2.24, 2.45) is 0 Å². The van der Waals surface area contributed by atoms with E-state index in [9.17, 15) is 9.59 Å². The number of aryl methyl sites for hydroxylation is 1. The second-order valence-electron chi connectivity index (χ2n) is 4.10. The summed E-state index contributed by atoms with van der Waals surface area (Å²) in [6, 6.07) is 3.26. The van der Waals surface area contributed by atoms with Crippen molar-refractivity contribution < 1.29 is 9.59 Å². The van der Waals surface area contributed by atoms with Crippen LogP contribution in [0.15, 0.2) is 18.3 Å². The van der Waals surface area contributed by atoms with Crippen molar-refractivity contribution in [3.05, 3.63) is 23.9 Å². The summed E-state index contributed by atoms with van der Waals surface area (Å²) >= 11 is 0. The number of carbonyl (C=O) groups excluding carboxylic acids is 2. The highest BCUT2D eigenvalue weighted by Crippen LogP contribution is 2.17. The highest BCUT2D eigenvalue weighted by molar-refractivity contribution is 6.06. The predicted molar refractivity (Wildman–Crippen MR) is 63.4 cm³/mol. The lowest BCUT2D eigenvalue weighted by molar-refractivity contribution is -0.138. The molecular weight excluding hydrogens is 218 g/mol. The van der Waals surface area contributed by atoms with Crippen LogP contribution in [0.5, 0.6) is 0 Å². The Morgan fingerprint density at radius 1 is 1.53 bits per heavy atom. The number of likely N-dealkylation sites (tertiary alicyclic amines) is 1. The summed E-state index contributed by atoms with van der Waals surface area (Å²) in [7, 11) is 0. The van der Waals surface area contributed by atoms with E-state index in [1.807, 2.05) is 19.1 Å². The minimum Gasteiger partial charge on any atom is -0.358 e. The molecule has 1 saturated heterocycles. The lowest BCUT2D eigenvalue weighted by atomic mass is 10.2. The van der Waals surface area contributed by atoms with Gasteiger partial charge in [-0.15, -0.1) is 0 Å². The number of hydrogen-bond acceptors (Lipinski definition) is 4. The van der Waals surface area contributed by atoms with E-state index in [4.69, 9.17) is 0 Å². The number of likely N-dealkylation sites (N-methyl/N-ethyl adjacent to an activating group) is 1. The number of imide groups is 1. The van der Waals surface area contributed by atoms with E-state index in [0.29, 0.717) is 12.4 Å². The number of hydrogen-bond donors (Lipinski definition) is 1. The largest absolute Gasteiger partial charge is 0.358 e. The van der Waals surface area contributed by atoms with Crippen LogP contribution >= 0.6 is 0 Å². The standard InChI is InChI=1S/C12H15N3O2/c1-3-15-11(16)7-9(12(15)17)14-10-6-8(2)4-5-13-10/h4-6,9H,3,7H2,1-2H3,(H,13,14). The summed E-state index contributed by atoms with van der Waals surface area (Å²) in [6.07, 6.45) is 1.89. The molecule has 0 radical (unpaired) electrons. The van der Waals surface area contributed by atoms with Gasteiger partial charge >= 0.3 is 0 Å². The molecule has 2 heterocycles. The monoisotopic (exact) mass is 233 g/mol. The summed E-state index contributed by atoms with van der Waals surface area (Å²) < 4.78 is 0. The van der Waals surface area contributed by atoms with Crippen LogP contribution in [-0.2, 0) is 9.59 Å². The first-order valence-electron chi connectivity index (χ1n) is 5.65. The smallest absolute Gasteiger partial charge is 0.252 e. The fraction of sp³-hybridized carbons (Fsp3) is 0.417. The first-order valence-corrected chi connectivity index (χ1v) is 5.65. The SMILES string of the molecule is CCN1C(=O)CC(Nc2cc(C)ccn2)C1=O. The molecule has 17 heavy (non-hydrogen) atoms. The van der Waals surface area contributed by atoms with Crippen molar-refractivity contribution in [3.63, 3.8) is 0 Å². The van der Waals surface area contributed by atoms with E-state index in [-0.39, 0.29) is 18.2 Å². The minimum atomic E-state index is -0.475. The molecule has 0 aromatic carbocycles. The molecule has 1 N–H and O–H groups in total. The molecule has 1 atom stereocenters. The number of pyridine rings is 1.